The van der Waals surface area contributed by atoms with Crippen molar-refractivity contribution in [3.8, 4) is 22.6 Å². The molecule has 80 valence electrons. The third-order valence-corrected chi connectivity index (χ3v) is 2.95. The highest BCUT2D eigenvalue weighted by Crippen LogP contribution is 2.34. The van der Waals surface area contributed by atoms with Crippen LogP contribution >= 0.6 is 12.6 Å². The van der Waals surface area contributed by atoms with Crippen molar-refractivity contribution in [1.29, 1.82) is 0 Å². The second-order valence-electron chi connectivity index (χ2n) is 3.59. The molecule has 0 unspecified atom stereocenters. The van der Waals surface area contributed by atoms with E-state index >= 15 is 0 Å². The van der Waals surface area contributed by atoms with Crippen molar-refractivity contribution < 1.29 is 0 Å². The average Bonchev–Trinajstić information content (AvgIpc) is 2.96. The predicted octanol–water partition coefficient (Wildman–Crippen LogP) is 3.29. The van der Waals surface area contributed by atoms with Crippen molar-refractivity contribution >= 4 is 12.6 Å². The van der Waals surface area contributed by atoms with Crippen molar-refractivity contribution in [2.45, 2.75) is 4.90 Å². The normalized spacial score (nSPS) is 10.8. The summed E-state index contributed by atoms with van der Waals surface area (Å²) >= 11 is 4.47. The Hall–Kier alpha value is -1.81. The predicted molar refractivity (Wildman–Crippen MR) is 67.6 cm³/mol. The molecule has 0 saturated heterocycles. The lowest BCUT2D eigenvalue weighted by atomic mass is 10.1. The summed E-state index contributed by atoms with van der Waals surface area (Å²) in [5.74, 6) is 0. The summed E-state index contributed by atoms with van der Waals surface area (Å²) < 4.78 is 0. The summed E-state index contributed by atoms with van der Waals surface area (Å²) in [4.78, 5) is 10.6. The number of rotatable bonds is 2. The third-order valence-electron chi connectivity index (χ3n) is 2.59. The molecule has 3 aromatic rings. The number of hydrogen-bond donors (Lipinski definition) is 4. The summed E-state index contributed by atoms with van der Waals surface area (Å²) in [7, 11) is 0. The van der Waals surface area contributed by atoms with Crippen LogP contribution in [0.15, 0.2) is 47.8 Å². The van der Waals surface area contributed by atoms with E-state index in [4.69, 9.17) is 0 Å². The Morgan fingerprint density at radius 3 is 2.19 bits per heavy atom. The highest BCUT2D eigenvalue weighted by Gasteiger charge is 2.13. The summed E-state index contributed by atoms with van der Waals surface area (Å²) in [5, 5.41) is 0. The minimum absolute atomic E-state index is 0.937. The molecule has 0 radical (unpaired) electrons. The first-order valence-corrected chi connectivity index (χ1v) is 5.49. The van der Waals surface area contributed by atoms with Gasteiger partial charge in [-0.25, -0.2) is 0 Å². The molecule has 0 saturated carbocycles. The van der Waals surface area contributed by atoms with Crippen LogP contribution in [0.3, 0.4) is 0 Å². The maximum absolute atomic E-state index is 4.47. The molecule has 0 fully saturated rings. The van der Waals surface area contributed by atoms with Crippen LogP contribution in [0, 0.1) is 0 Å². The second-order valence-corrected chi connectivity index (χ2v) is 4.07. The lowest BCUT2D eigenvalue weighted by molar-refractivity contribution is 1.32. The van der Waals surface area contributed by atoms with Gasteiger partial charge >= 0.3 is 0 Å². The fourth-order valence-corrected chi connectivity index (χ4v) is 2.17. The van der Waals surface area contributed by atoms with Gasteiger partial charge in [-0.1, -0.05) is 0 Å². The van der Waals surface area contributed by atoms with Gasteiger partial charge in [0.25, 0.3) is 0 Å². The maximum atomic E-state index is 4.47. The summed E-state index contributed by atoms with van der Waals surface area (Å²) in [5.41, 5.74) is 4.27. The van der Waals surface area contributed by atoms with Gasteiger partial charge in [-0.05, 0) is 24.3 Å². The van der Waals surface area contributed by atoms with Gasteiger partial charge in [-0.15, -0.1) is 12.6 Å². The first kappa shape index (κ1) is 9.42. The van der Waals surface area contributed by atoms with Crippen LogP contribution < -0.4 is 0 Å². The summed E-state index contributed by atoms with van der Waals surface area (Å²) in [6.45, 7) is 0. The second kappa shape index (κ2) is 3.64. The lowest BCUT2D eigenvalue weighted by Gasteiger charge is -2.01. The zero-order chi connectivity index (χ0) is 11.0. The van der Waals surface area contributed by atoms with E-state index in [1.165, 1.54) is 0 Å². The molecule has 3 aromatic heterocycles. The minimum Gasteiger partial charge on any atom is -0.361 e. The molecule has 0 amide bonds. The molecule has 4 heteroatoms. The third kappa shape index (κ3) is 1.39. The molecule has 0 aliphatic heterocycles. The Bertz CT molecular complexity index is 576. The monoisotopic (exact) mass is 229 g/mol. The number of hydrogen-bond acceptors (Lipinski definition) is 1. The number of aromatic nitrogens is 3. The number of nitrogens with one attached hydrogen (secondary N) is 3. The van der Waals surface area contributed by atoms with E-state index < -0.39 is 0 Å². The van der Waals surface area contributed by atoms with Gasteiger partial charge in [0.15, 0.2) is 0 Å². The molecule has 3 N–H and O–H groups in total. The van der Waals surface area contributed by atoms with E-state index in [-0.39, 0.29) is 0 Å². The molecular formula is C12H11N3S. The van der Waals surface area contributed by atoms with Gasteiger partial charge in [0.2, 0.25) is 0 Å². The lowest BCUT2D eigenvalue weighted by Crippen LogP contribution is -1.82. The van der Waals surface area contributed by atoms with Gasteiger partial charge in [0.1, 0.15) is 0 Å². The van der Waals surface area contributed by atoms with Gasteiger partial charge in [0, 0.05) is 34.7 Å². The van der Waals surface area contributed by atoms with Gasteiger partial charge in [0.05, 0.1) is 11.4 Å². The smallest absolute Gasteiger partial charge is 0.0725 e. The van der Waals surface area contributed by atoms with Crippen LogP contribution in [-0.4, -0.2) is 15.0 Å². The largest absolute Gasteiger partial charge is 0.361 e. The molecule has 16 heavy (non-hydrogen) atoms. The first-order chi connectivity index (χ1) is 7.86. The van der Waals surface area contributed by atoms with Crippen LogP contribution in [0.25, 0.3) is 22.6 Å². The summed E-state index contributed by atoms with van der Waals surface area (Å²) in [6.07, 6.45) is 5.72. The Balaban J connectivity index is 2.21. The van der Waals surface area contributed by atoms with Crippen molar-refractivity contribution in [1.82, 2.24) is 15.0 Å². The van der Waals surface area contributed by atoms with Crippen molar-refractivity contribution in [2.75, 3.05) is 0 Å². The van der Waals surface area contributed by atoms with Crippen LogP contribution in [0.1, 0.15) is 0 Å². The highest BCUT2D eigenvalue weighted by molar-refractivity contribution is 7.80. The standard InChI is InChI=1S/C12H11N3S/c16-10-7-15-12(9-4-2-6-14-9)11(10)8-3-1-5-13-8/h1-7,13-16H. The Morgan fingerprint density at radius 1 is 0.875 bits per heavy atom. The number of H-pyrrole nitrogens is 3. The fraction of sp³-hybridized carbons (Fsp3) is 0. The van der Waals surface area contributed by atoms with Gasteiger partial charge in [-0.2, -0.15) is 0 Å². The quantitative estimate of drug-likeness (QED) is 0.487. The molecule has 0 aromatic carbocycles. The zero-order valence-electron chi connectivity index (χ0n) is 8.49. The van der Waals surface area contributed by atoms with E-state index in [1.807, 2.05) is 42.9 Å². The van der Waals surface area contributed by atoms with E-state index in [2.05, 4.69) is 27.6 Å². The van der Waals surface area contributed by atoms with Gasteiger partial charge < -0.3 is 15.0 Å². The molecule has 0 bridgehead atoms. The minimum atomic E-state index is 0.937. The molecular weight excluding hydrogens is 218 g/mol. The number of thiol groups is 1. The van der Waals surface area contributed by atoms with Crippen molar-refractivity contribution in [3.63, 3.8) is 0 Å². The Labute approximate surface area is 98.3 Å². The van der Waals surface area contributed by atoms with Crippen molar-refractivity contribution in [3.05, 3.63) is 42.9 Å². The molecule has 0 atom stereocenters. The van der Waals surface area contributed by atoms with E-state index in [0.29, 0.717) is 0 Å². The molecule has 0 aliphatic rings. The van der Waals surface area contributed by atoms with Crippen LogP contribution in [-0.2, 0) is 0 Å². The zero-order valence-corrected chi connectivity index (χ0v) is 9.38. The van der Waals surface area contributed by atoms with E-state index in [1.54, 1.807) is 0 Å². The van der Waals surface area contributed by atoms with Crippen LogP contribution in [0.2, 0.25) is 0 Å². The summed E-state index contributed by atoms with van der Waals surface area (Å²) in [6, 6.07) is 8.03. The van der Waals surface area contributed by atoms with Crippen LogP contribution in [0.4, 0.5) is 0 Å². The Kier molecular flexibility index (Phi) is 2.15. The first-order valence-electron chi connectivity index (χ1n) is 5.04. The SMILES string of the molecule is Sc1c[nH]c(-c2ccc[nH]2)c1-c1ccc[nH]1. The molecule has 3 rings (SSSR count). The van der Waals surface area contributed by atoms with Gasteiger partial charge in [-0.3, -0.25) is 0 Å². The van der Waals surface area contributed by atoms with E-state index in [9.17, 15) is 0 Å². The molecule has 3 nitrogen and oxygen atoms in total. The molecule has 3 heterocycles. The van der Waals surface area contributed by atoms with Crippen LogP contribution in [0.5, 0.6) is 0 Å². The topological polar surface area (TPSA) is 47.4 Å². The number of aromatic amines is 3. The van der Waals surface area contributed by atoms with Crippen molar-refractivity contribution in [2.24, 2.45) is 0 Å². The molecule has 0 aliphatic carbocycles. The Morgan fingerprint density at radius 2 is 1.56 bits per heavy atom. The highest BCUT2D eigenvalue weighted by atomic mass is 32.1. The maximum Gasteiger partial charge on any atom is 0.0725 e. The molecule has 0 spiro atoms. The van der Waals surface area contributed by atoms with E-state index in [0.717, 1.165) is 27.5 Å². The fourth-order valence-electron chi connectivity index (χ4n) is 1.87. The average molecular weight is 229 g/mol.